The lowest BCUT2D eigenvalue weighted by Gasteiger charge is -2.62. The topological polar surface area (TPSA) is 98.4 Å². The first-order valence-corrected chi connectivity index (χ1v) is 9.43. The molecular formula is C20H24N4O4. The molecule has 148 valence electrons. The summed E-state index contributed by atoms with van der Waals surface area (Å²) in [5.41, 5.74) is 9.62. The van der Waals surface area contributed by atoms with Gasteiger partial charge in [-0.25, -0.2) is 10.2 Å². The quantitative estimate of drug-likeness (QED) is 0.756. The van der Waals surface area contributed by atoms with Gasteiger partial charge >= 0.3 is 6.03 Å². The molecule has 28 heavy (non-hydrogen) atoms. The van der Waals surface area contributed by atoms with Gasteiger partial charge in [-0.3, -0.25) is 4.90 Å². The van der Waals surface area contributed by atoms with Gasteiger partial charge in [-0.15, -0.1) is 0 Å². The summed E-state index contributed by atoms with van der Waals surface area (Å²) in [6.45, 7) is 0.913. The number of likely N-dealkylation sites (N-methyl/N-ethyl adjacent to an activating group) is 1. The van der Waals surface area contributed by atoms with Gasteiger partial charge < -0.3 is 19.9 Å². The largest absolute Gasteiger partial charge is 0.493 e. The molecule has 1 aromatic carbocycles. The van der Waals surface area contributed by atoms with Crippen LogP contribution in [0.25, 0.3) is 0 Å². The number of ether oxygens (including phenoxy) is 3. The number of methoxy groups -OCH3 is 2. The molecule has 2 bridgehead atoms. The summed E-state index contributed by atoms with van der Waals surface area (Å²) < 4.78 is 18.4. The number of piperidine rings is 1. The minimum atomic E-state index is -0.708. The molecule has 1 fully saturated rings. The molecule has 0 radical (unpaired) electrons. The zero-order valence-corrected chi connectivity index (χ0v) is 16.2. The van der Waals surface area contributed by atoms with Crippen LogP contribution in [0.1, 0.15) is 17.5 Å². The van der Waals surface area contributed by atoms with Crippen LogP contribution in [-0.4, -0.2) is 62.2 Å². The highest BCUT2D eigenvalue weighted by Crippen LogP contribution is 2.64. The number of nitrogens with zero attached hydrogens (tertiary/aromatic N) is 2. The maximum atomic E-state index is 11.2. The molecule has 3 N–H and O–H groups in total. The molecule has 4 aliphatic rings. The third-order valence-corrected chi connectivity index (χ3v) is 6.96. The Balaban J connectivity index is 1.81. The highest BCUT2D eigenvalue weighted by atomic mass is 16.5. The van der Waals surface area contributed by atoms with Crippen LogP contribution >= 0.6 is 0 Å². The third-order valence-electron chi connectivity index (χ3n) is 6.96. The minimum absolute atomic E-state index is 0.172. The normalized spacial score (nSPS) is 36.0. The highest BCUT2D eigenvalue weighted by Gasteiger charge is 2.72. The van der Waals surface area contributed by atoms with Gasteiger partial charge in [-0.05, 0) is 50.2 Å². The molecule has 2 amide bonds. The van der Waals surface area contributed by atoms with Crippen molar-refractivity contribution in [3.05, 3.63) is 35.4 Å². The molecule has 4 atom stereocenters. The van der Waals surface area contributed by atoms with E-state index in [1.807, 2.05) is 12.1 Å². The Labute approximate surface area is 163 Å². The molecule has 0 saturated carbocycles. The zero-order valence-electron chi connectivity index (χ0n) is 16.2. The molecule has 1 spiro atoms. The van der Waals surface area contributed by atoms with E-state index in [1.54, 1.807) is 14.2 Å². The van der Waals surface area contributed by atoms with Crippen molar-refractivity contribution in [1.29, 1.82) is 0 Å². The molecule has 2 heterocycles. The van der Waals surface area contributed by atoms with Crippen molar-refractivity contribution in [2.24, 2.45) is 10.8 Å². The fourth-order valence-electron chi connectivity index (χ4n) is 5.86. The second kappa shape index (κ2) is 5.71. The van der Waals surface area contributed by atoms with Crippen molar-refractivity contribution in [1.82, 2.24) is 10.3 Å². The molecule has 5 rings (SSSR count). The number of hydrogen-bond acceptors (Lipinski definition) is 6. The molecule has 1 aromatic rings. The second-order valence-corrected chi connectivity index (χ2v) is 7.89. The van der Waals surface area contributed by atoms with Crippen LogP contribution in [0.5, 0.6) is 11.5 Å². The Hall–Kier alpha value is -2.58. The van der Waals surface area contributed by atoms with Crippen molar-refractivity contribution in [3.8, 4) is 11.5 Å². The molecule has 2 aliphatic heterocycles. The predicted octanol–water partition coefficient (Wildman–Crippen LogP) is 0.933. The van der Waals surface area contributed by atoms with Crippen molar-refractivity contribution >= 4 is 11.7 Å². The van der Waals surface area contributed by atoms with Crippen LogP contribution in [0.15, 0.2) is 29.4 Å². The summed E-state index contributed by atoms with van der Waals surface area (Å²) in [6, 6.07) is 3.56. The number of benzene rings is 1. The second-order valence-electron chi connectivity index (χ2n) is 7.89. The Morgan fingerprint density at radius 3 is 2.96 bits per heavy atom. The summed E-state index contributed by atoms with van der Waals surface area (Å²) in [7, 11) is 5.56. The SMILES string of the molecule is COc1ccc2c3c1O[C@H]1/C(=N/NC(N)=O)C=C[C@@]4(OC)C(C2)N(C)CC[C@]314. The van der Waals surface area contributed by atoms with Crippen LogP contribution in [0.4, 0.5) is 4.79 Å². The average Bonchev–Trinajstić information content (AvgIpc) is 3.04. The van der Waals surface area contributed by atoms with E-state index in [0.29, 0.717) is 11.5 Å². The smallest absolute Gasteiger partial charge is 0.332 e. The summed E-state index contributed by atoms with van der Waals surface area (Å²) in [5.74, 6) is 1.46. The Bertz CT molecular complexity index is 929. The molecule has 8 nitrogen and oxygen atoms in total. The first-order chi connectivity index (χ1) is 13.5. The van der Waals surface area contributed by atoms with E-state index in [4.69, 9.17) is 19.9 Å². The van der Waals surface area contributed by atoms with E-state index in [1.165, 1.54) is 5.56 Å². The molecule has 1 saturated heterocycles. The number of nitrogens with one attached hydrogen (secondary N) is 1. The third kappa shape index (κ3) is 1.87. The highest BCUT2D eigenvalue weighted by molar-refractivity contribution is 6.03. The Morgan fingerprint density at radius 1 is 1.43 bits per heavy atom. The fourth-order valence-corrected chi connectivity index (χ4v) is 5.86. The van der Waals surface area contributed by atoms with Crippen LogP contribution in [0.2, 0.25) is 0 Å². The minimum Gasteiger partial charge on any atom is -0.493 e. The van der Waals surface area contributed by atoms with Gasteiger partial charge in [0.2, 0.25) is 0 Å². The number of likely N-dealkylation sites (tertiary alicyclic amines) is 1. The van der Waals surface area contributed by atoms with Gasteiger partial charge in [0.15, 0.2) is 17.6 Å². The lowest BCUT2D eigenvalue weighted by molar-refractivity contribution is -0.141. The Kier molecular flexibility index (Phi) is 3.57. The first kappa shape index (κ1) is 17.5. The van der Waals surface area contributed by atoms with Crippen molar-refractivity contribution in [2.75, 3.05) is 27.8 Å². The molecular weight excluding hydrogens is 360 g/mol. The van der Waals surface area contributed by atoms with Gasteiger partial charge in [0.25, 0.3) is 0 Å². The molecule has 8 heteroatoms. The lowest BCUT2D eigenvalue weighted by atomic mass is 9.50. The van der Waals surface area contributed by atoms with Crippen molar-refractivity contribution < 1.29 is 19.0 Å². The van der Waals surface area contributed by atoms with Gasteiger partial charge in [0.05, 0.1) is 12.5 Å². The summed E-state index contributed by atoms with van der Waals surface area (Å²) >= 11 is 0. The van der Waals surface area contributed by atoms with Crippen molar-refractivity contribution in [3.63, 3.8) is 0 Å². The monoisotopic (exact) mass is 384 g/mol. The standard InChI is InChI=1S/C20H24N4O4/c1-24-9-8-19-15-11-4-5-13(26-2)16(15)28-17(19)12(22-23-18(21)25)6-7-20(19,27-3)14(24)10-11/h4-7,14,17H,8-10H2,1-3H3,(H3,21,23,25)/b22-12+/t14?,17-,19-,20+/m0/s1. The van der Waals surface area contributed by atoms with Crippen LogP contribution < -0.4 is 20.6 Å². The predicted molar refractivity (Wildman–Crippen MR) is 103 cm³/mol. The van der Waals surface area contributed by atoms with Gasteiger partial charge in [-0.1, -0.05) is 6.07 Å². The van der Waals surface area contributed by atoms with E-state index < -0.39 is 23.2 Å². The molecule has 1 unspecified atom stereocenters. The van der Waals surface area contributed by atoms with E-state index in [-0.39, 0.29) is 6.04 Å². The van der Waals surface area contributed by atoms with Gasteiger partial charge in [0.1, 0.15) is 11.3 Å². The molecule has 2 aliphatic carbocycles. The maximum Gasteiger partial charge on any atom is 0.332 e. The number of nitrogens with two attached hydrogens (primary N) is 1. The summed E-state index contributed by atoms with van der Waals surface area (Å²) in [6.07, 6.45) is 5.28. The maximum absolute atomic E-state index is 11.2. The van der Waals surface area contributed by atoms with E-state index in [2.05, 4.69) is 34.6 Å². The zero-order chi connectivity index (χ0) is 19.7. The number of rotatable bonds is 3. The van der Waals surface area contributed by atoms with Crippen LogP contribution in [0, 0.1) is 0 Å². The fraction of sp³-hybridized carbons (Fsp3) is 0.500. The van der Waals surface area contributed by atoms with Crippen LogP contribution in [-0.2, 0) is 16.6 Å². The van der Waals surface area contributed by atoms with Crippen molar-refractivity contribution in [2.45, 2.75) is 36.0 Å². The summed E-state index contributed by atoms with van der Waals surface area (Å²) in [4.78, 5) is 13.6. The number of hydrazone groups is 1. The number of hydrogen-bond donors (Lipinski definition) is 2. The number of carbonyl (C=O) groups is 1. The van der Waals surface area contributed by atoms with Gasteiger partial charge in [-0.2, -0.15) is 5.10 Å². The van der Waals surface area contributed by atoms with Crippen LogP contribution in [0.3, 0.4) is 0 Å². The molecule has 0 aromatic heterocycles. The lowest BCUT2D eigenvalue weighted by Crippen LogP contribution is -2.75. The average molecular weight is 384 g/mol. The number of amides is 2. The van der Waals surface area contributed by atoms with E-state index in [9.17, 15) is 4.79 Å². The number of carbonyl (C=O) groups excluding carboxylic acids is 1. The number of urea groups is 1. The first-order valence-electron chi connectivity index (χ1n) is 9.43. The van der Waals surface area contributed by atoms with E-state index in [0.717, 1.165) is 30.7 Å². The Morgan fingerprint density at radius 2 is 2.25 bits per heavy atom. The number of primary amides is 1. The van der Waals surface area contributed by atoms with E-state index >= 15 is 0 Å². The summed E-state index contributed by atoms with van der Waals surface area (Å²) in [5, 5.41) is 4.25. The van der Waals surface area contributed by atoms with Gasteiger partial charge in [0, 0.05) is 18.7 Å².